The van der Waals surface area contributed by atoms with Crippen LogP contribution in [0.1, 0.15) is 71.2 Å². The fraction of sp³-hybridized carbons (Fsp3) is 0.469. The summed E-state index contributed by atoms with van der Waals surface area (Å²) in [7, 11) is 0. The molecule has 0 unspecified atom stereocenters. The summed E-state index contributed by atoms with van der Waals surface area (Å²) >= 11 is 0. The number of azide groups is 1. The van der Waals surface area contributed by atoms with Crippen LogP contribution in [0.2, 0.25) is 0 Å². The Morgan fingerprint density at radius 2 is 0.792 bits per heavy atom. The second kappa shape index (κ2) is 49.8. The van der Waals surface area contributed by atoms with Gasteiger partial charge < -0.3 is 137 Å². The summed E-state index contributed by atoms with van der Waals surface area (Å²) in [6, 6.07) is 69.6. The van der Waals surface area contributed by atoms with Crippen molar-refractivity contribution in [1.82, 2.24) is 10.6 Å². The lowest BCUT2D eigenvalue weighted by molar-refractivity contribution is -0.410. The molecule has 5 aliphatic heterocycles. The van der Waals surface area contributed by atoms with Gasteiger partial charge in [-0.15, -0.1) is 0 Å². The predicted octanol–water partition coefficient (Wildman–Crippen LogP) is 7.09. The van der Waals surface area contributed by atoms with Gasteiger partial charge in [-0.2, -0.15) is 0 Å². The smallest absolute Gasteiger partial charge is 0.364 e. The number of ether oxygens (including phenoxy) is 18. The van der Waals surface area contributed by atoms with E-state index < -0.39 is 210 Å². The first kappa shape index (κ1) is 98.0. The number of aliphatic hydroxyl groups excluding tert-OH is 7. The second-order valence-corrected chi connectivity index (χ2v) is 32.3. The molecule has 26 atom stereocenters. The van der Waals surface area contributed by atoms with Crippen molar-refractivity contribution >= 4 is 17.8 Å². The minimum atomic E-state index is -3.30. The molecule has 5 saturated heterocycles. The maximum atomic E-state index is 15.1. The normalized spacial score (nSPS) is 29.7. The Morgan fingerprint density at radius 3 is 1.22 bits per heavy atom. The Kier molecular flexibility index (Phi) is 37.6. The number of aliphatic hydroxyl groups is 7. The third-order valence-electron chi connectivity index (χ3n) is 22.8. The average molecular weight is 1800 g/mol. The minimum Gasteiger partial charge on any atom is -0.477 e. The van der Waals surface area contributed by atoms with Crippen LogP contribution in [0, 0.1) is 0 Å². The van der Waals surface area contributed by atoms with Crippen LogP contribution in [0.25, 0.3) is 10.4 Å². The zero-order chi connectivity index (χ0) is 91.1. The molecule has 8 aromatic carbocycles. The lowest BCUT2D eigenvalue weighted by Gasteiger charge is -2.54. The minimum absolute atomic E-state index is 0.00702. The SMILES string of the molecule is CC(=O)N[C@H]1[C@H](O[C@@H]2[C@H](O[C@]3(C(=O)O)C[C@H](O)[C@@H](NC(C)=O)[C@H]([C@@H](O)[C@H](O)CO)O3)[C@@H](OCc3ccccc3)[C@H](O[C@H]3[C@H](OCc4ccccc4)[C@@H](OCc4ccccc4)[C@H](OCCCN=[N+]=[N-])O[C@@H]3COCc3ccccc3)O[C@@H]2COCc2ccccc2)O[C@H](CO)[C@H](O)[C@@H]1O[C@@H]1O[C@H](COCc2ccccc2)[C@H](OCc2ccccc2)[C@H](OCc2ccccc2)[C@H]1O. The molecule has 5 aliphatic rings. The Balaban J connectivity index is 0.967. The Hall–Kier alpha value is -9.52. The molecule has 5 heterocycles. The Morgan fingerprint density at radius 1 is 0.431 bits per heavy atom. The highest BCUT2D eigenvalue weighted by molar-refractivity contribution is 5.77. The number of rotatable bonds is 47. The first-order chi connectivity index (χ1) is 63.4. The average Bonchev–Trinajstić information content (AvgIpc) is 0.743. The molecule has 698 valence electrons. The standard InChI is InChI=1S/C96H115N5O29/c1-60(104)99-76-70(106)46-96(95(111)112,129-85(76)78(108)71(107)47-102)130-88-83(126-91-77(100-61(2)105)84(79(109)72(48-103)122-91)128-92-80(110)86(118-53-66-36-19-7-20-37-66)81(117-52-65-34-17-6-18-35-65)73(123-92)57-113-49-62-28-11-3-12-29-62)75(59-115-51-64-32-15-5-16-33-64)125-94(90(88)121-56-69-42-25-10-26-43-69)127-82-74(58-114-50-63-30-13-4-14-31-63)124-93(116-45-27-44-98-101-97)89(120-55-68-40-23-9-24-41-68)87(82)119-54-67-38-21-8-22-39-67/h3-26,28-43,70-94,102-103,106-110H,27,44-59H2,1-2H3,(H,99,104)(H,100,105)(H,111,112)/t70-,71+,72+,73+,74+,75+,76+,77+,78-,79-,80+,81-,82+,83-,84+,85+,86+,87-,88-,89+,90+,91-,92-,93+,94-,96-/m0/s1. The predicted molar refractivity (Wildman–Crippen MR) is 461 cm³/mol. The third kappa shape index (κ3) is 27.1. The number of hydrogen-bond acceptors (Lipinski definition) is 29. The van der Waals surface area contributed by atoms with Gasteiger partial charge in [0, 0.05) is 38.3 Å². The lowest BCUT2D eigenvalue weighted by atomic mass is 9.88. The quantitative estimate of drug-likeness (QED) is 0.00787. The van der Waals surface area contributed by atoms with E-state index in [-0.39, 0.29) is 79.0 Å². The van der Waals surface area contributed by atoms with Crippen LogP contribution in [0.4, 0.5) is 0 Å². The van der Waals surface area contributed by atoms with Crippen LogP contribution in [-0.4, -0.2) is 264 Å². The molecule has 0 spiro atoms. The van der Waals surface area contributed by atoms with Crippen LogP contribution in [0.15, 0.2) is 248 Å². The molecule has 130 heavy (non-hydrogen) atoms. The van der Waals surface area contributed by atoms with E-state index in [0.29, 0.717) is 22.3 Å². The highest BCUT2D eigenvalue weighted by atomic mass is 16.8. The summed E-state index contributed by atoms with van der Waals surface area (Å²) in [5.74, 6) is -6.88. The van der Waals surface area contributed by atoms with Gasteiger partial charge in [-0.05, 0) is 56.5 Å². The van der Waals surface area contributed by atoms with Gasteiger partial charge in [-0.3, -0.25) is 9.59 Å². The van der Waals surface area contributed by atoms with E-state index in [1.807, 2.05) is 182 Å². The van der Waals surface area contributed by atoms with Gasteiger partial charge in [0.15, 0.2) is 25.2 Å². The van der Waals surface area contributed by atoms with Crippen molar-refractivity contribution < 1.29 is 140 Å². The lowest BCUT2D eigenvalue weighted by Crippen LogP contribution is -2.72. The number of nitrogens with zero attached hydrogens (tertiary/aromatic N) is 3. The van der Waals surface area contributed by atoms with Gasteiger partial charge >= 0.3 is 5.97 Å². The van der Waals surface area contributed by atoms with Crippen LogP contribution < -0.4 is 10.6 Å². The summed E-state index contributed by atoms with van der Waals surface area (Å²) < 4.78 is 125. The summed E-state index contributed by atoms with van der Waals surface area (Å²) in [4.78, 5) is 45.6. The van der Waals surface area contributed by atoms with Gasteiger partial charge in [0.1, 0.15) is 116 Å². The number of hydrogen-bond donors (Lipinski definition) is 10. The van der Waals surface area contributed by atoms with Gasteiger partial charge in [-0.25, -0.2) is 4.79 Å². The molecule has 0 aromatic heterocycles. The summed E-state index contributed by atoms with van der Waals surface area (Å²) in [5, 5.41) is 105. The van der Waals surface area contributed by atoms with E-state index >= 15 is 4.79 Å². The molecule has 2 amide bonds. The molecule has 0 aliphatic carbocycles. The highest BCUT2D eigenvalue weighted by Gasteiger charge is 2.63. The maximum Gasteiger partial charge on any atom is 0.364 e. The molecular formula is C96H115N5O29. The molecule has 10 N–H and O–H groups in total. The summed E-state index contributed by atoms with van der Waals surface area (Å²) in [6.45, 7) is -1.66. The van der Waals surface area contributed by atoms with Gasteiger partial charge in [0.2, 0.25) is 11.8 Å². The molecule has 0 radical (unpaired) electrons. The number of nitrogens with one attached hydrogen (secondary N) is 2. The van der Waals surface area contributed by atoms with Crippen LogP contribution >= 0.6 is 0 Å². The van der Waals surface area contributed by atoms with Crippen molar-refractivity contribution in [1.29, 1.82) is 0 Å². The van der Waals surface area contributed by atoms with E-state index in [1.54, 1.807) is 60.7 Å². The third-order valence-corrected chi connectivity index (χ3v) is 22.8. The van der Waals surface area contributed by atoms with Crippen LogP contribution in [0.3, 0.4) is 0 Å². The van der Waals surface area contributed by atoms with E-state index in [0.717, 1.165) is 36.1 Å². The molecule has 8 aromatic rings. The first-order valence-corrected chi connectivity index (χ1v) is 43.4. The van der Waals surface area contributed by atoms with E-state index in [1.165, 1.54) is 0 Å². The summed E-state index contributed by atoms with van der Waals surface area (Å²) in [5.41, 5.74) is 15.0. The maximum absolute atomic E-state index is 15.1. The van der Waals surface area contributed by atoms with Crippen molar-refractivity contribution in [2.75, 3.05) is 46.2 Å². The van der Waals surface area contributed by atoms with Crippen molar-refractivity contribution in [3.05, 3.63) is 298 Å². The van der Waals surface area contributed by atoms with Crippen molar-refractivity contribution in [3.63, 3.8) is 0 Å². The molecule has 34 nitrogen and oxygen atoms in total. The summed E-state index contributed by atoms with van der Waals surface area (Å²) in [6.07, 6.45) is -40.9. The van der Waals surface area contributed by atoms with Crippen molar-refractivity contribution in [2.45, 2.75) is 239 Å². The highest BCUT2D eigenvalue weighted by Crippen LogP contribution is 2.44. The molecule has 0 saturated carbocycles. The first-order valence-electron chi connectivity index (χ1n) is 43.4. The van der Waals surface area contributed by atoms with Gasteiger partial charge in [0.25, 0.3) is 5.79 Å². The monoisotopic (exact) mass is 1800 g/mol. The van der Waals surface area contributed by atoms with Crippen molar-refractivity contribution in [3.8, 4) is 0 Å². The molecule has 5 fully saturated rings. The number of benzene rings is 8. The number of carbonyl (C=O) groups is 3. The fourth-order valence-electron chi connectivity index (χ4n) is 16.3. The molecule has 34 heteroatoms. The second-order valence-electron chi connectivity index (χ2n) is 32.3. The number of carbonyl (C=O) groups excluding carboxylic acids is 2. The fourth-order valence-corrected chi connectivity index (χ4v) is 16.3. The van der Waals surface area contributed by atoms with E-state index in [9.17, 15) is 56.0 Å². The van der Waals surface area contributed by atoms with Crippen molar-refractivity contribution in [2.24, 2.45) is 5.11 Å². The largest absolute Gasteiger partial charge is 0.477 e. The number of carboxylic acids is 1. The van der Waals surface area contributed by atoms with E-state index in [4.69, 9.17) is 85.3 Å². The number of aliphatic carboxylic acids is 1. The van der Waals surface area contributed by atoms with Gasteiger partial charge in [-0.1, -0.05) is 248 Å². The zero-order valence-electron chi connectivity index (χ0n) is 72.0. The Bertz CT molecular complexity index is 4700. The number of amides is 2. The molecule has 0 bridgehead atoms. The van der Waals surface area contributed by atoms with Crippen LogP contribution in [-0.2, 0) is 153 Å². The zero-order valence-corrected chi connectivity index (χ0v) is 72.0. The van der Waals surface area contributed by atoms with Crippen LogP contribution in [0.5, 0.6) is 0 Å². The van der Waals surface area contributed by atoms with E-state index in [2.05, 4.69) is 20.7 Å². The number of carboxylic acid groups (broad SMARTS) is 1. The van der Waals surface area contributed by atoms with Gasteiger partial charge in [0.05, 0.1) is 98.0 Å². The molecular weight excluding hydrogens is 1690 g/mol. The Labute approximate surface area is 752 Å². The molecule has 13 rings (SSSR count). The topological polar surface area (TPSA) is 452 Å².